The molecule has 3 rings (SSSR count). The van der Waals surface area contributed by atoms with Crippen LogP contribution in [0.2, 0.25) is 0 Å². The summed E-state index contributed by atoms with van der Waals surface area (Å²) in [6.07, 6.45) is 4.66. The quantitative estimate of drug-likeness (QED) is 0.770. The number of pyridine rings is 1. The van der Waals surface area contributed by atoms with Crippen molar-refractivity contribution in [1.82, 2.24) is 20.0 Å². The van der Waals surface area contributed by atoms with Gasteiger partial charge in [0.05, 0.1) is 11.7 Å². The Morgan fingerprint density at radius 2 is 2.16 bits per heavy atom. The minimum absolute atomic E-state index is 0.664. The molecule has 96 valence electrons. The summed E-state index contributed by atoms with van der Waals surface area (Å²) in [5.41, 5.74) is 8.41. The summed E-state index contributed by atoms with van der Waals surface area (Å²) in [7, 11) is 0. The Hall–Kier alpha value is -2.27. The van der Waals surface area contributed by atoms with Gasteiger partial charge in [0.1, 0.15) is 5.69 Å². The Balaban J connectivity index is 1.92. The number of fused-ring (bicyclic) bond motifs is 1. The van der Waals surface area contributed by atoms with Gasteiger partial charge in [0, 0.05) is 23.7 Å². The van der Waals surface area contributed by atoms with Crippen LogP contribution in [0.3, 0.4) is 0 Å². The fraction of sp³-hybridized carbons (Fsp3) is 0.214. The second-order valence-electron chi connectivity index (χ2n) is 4.42. The van der Waals surface area contributed by atoms with Crippen LogP contribution < -0.4 is 5.73 Å². The maximum absolute atomic E-state index is 5.49. The Labute approximate surface area is 111 Å². The fourth-order valence-corrected chi connectivity index (χ4v) is 2.03. The fourth-order valence-electron chi connectivity index (χ4n) is 2.03. The van der Waals surface area contributed by atoms with Crippen LogP contribution in [0.5, 0.6) is 0 Å². The number of hydrogen-bond acceptors (Lipinski definition) is 4. The van der Waals surface area contributed by atoms with Gasteiger partial charge >= 0.3 is 0 Å². The molecule has 0 aliphatic rings. The molecule has 0 saturated carbocycles. The van der Waals surface area contributed by atoms with Crippen LogP contribution in [-0.2, 0) is 6.54 Å². The number of aromatic nitrogens is 4. The monoisotopic (exact) mass is 253 g/mol. The average molecular weight is 253 g/mol. The Kier molecular flexibility index (Phi) is 3.20. The summed E-state index contributed by atoms with van der Waals surface area (Å²) in [4.78, 5) is 4.31. The van der Waals surface area contributed by atoms with Crippen molar-refractivity contribution in [2.45, 2.75) is 13.0 Å². The van der Waals surface area contributed by atoms with Crippen molar-refractivity contribution in [3.8, 4) is 11.3 Å². The normalized spacial score (nSPS) is 11.0. The van der Waals surface area contributed by atoms with Crippen LogP contribution in [0.1, 0.15) is 6.42 Å². The molecule has 0 saturated heterocycles. The lowest BCUT2D eigenvalue weighted by Gasteiger charge is -1.99. The first-order valence-electron chi connectivity index (χ1n) is 6.32. The van der Waals surface area contributed by atoms with Gasteiger partial charge < -0.3 is 5.73 Å². The second-order valence-corrected chi connectivity index (χ2v) is 4.42. The highest BCUT2D eigenvalue weighted by atomic mass is 15.4. The Morgan fingerprint density at radius 1 is 1.21 bits per heavy atom. The van der Waals surface area contributed by atoms with Crippen LogP contribution in [-0.4, -0.2) is 26.5 Å². The van der Waals surface area contributed by atoms with E-state index in [2.05, 4.69) is 21.4 Å². The Bertz CT molecular complexity index is 689. The van der Waals surface area contributed by atoms with Crippen LogP contribution in [0.4, 0.5) is 0 Å². The molecule has 0 spiro atoms. The zero-order valence-corrected chi connectivity index (χ0v) is 10.5. The van der Waals surface area contributed by atoms with E-state index < -0.39 is 0 Å². The van der Waals surface area contributed by atoms with Crippen molar-refractivity contribution in [1.29, 1.82) is 0 Å². The van der Waals surface area contributed by atoms with E-state index in [0.29, 0.717) is 6.54 Å². The van der Waals surface area contributed by atoms with Crippen LogP contribution in [0.15, 0.2) is 42.7 Å². The predicted molar refractivity (Wildman–Crippen MR) is 74.4 cm³/mol. The van der Waals surface area contributed by atoms with E-state index in [0.717, 1.165) is 35.1 Å². The number of nitrogens with two attached hydrogens (primary N) is 1. The maximum atomic E-state index is 5.49. The molecule has 0 bridgehead atoms. The highest BCUT2D eigenvalue weighted by molar-refractivity contribution is 5.83. The van der Waals surface area contributed by atoms with Crippen LogP contribution in [0, 0.1) is 0 Å². The third-order valence-electron chi connectivity index (χ3n) is 3.03. The van der Waals surface area contributed by atoms with Crippen molar-refractivity contribution in [3.63, 3.8) is 0 Å². The van der Waals surface area contributed by atoms with Crippen molar-refractivity contribution in [2.75, 3.05) is 6.54 Å². The topological polar surface area (TPSA) is 69.6 Å². The summed E-state index contributed by atoms with van der Waals surface area (Å²) in [6.45, 7) is 1.47. The molecule has 0 amide bonds. The molecule has 0 fully saturated rings. The van der Waals surface area contributed by atoms with Crippen molar-refractivity contribution >= 4 is 10.9 Å². The summed E-state index contributed by atoms with van der Waals surface area (Å²) in [5.74, 6) is 0. The van der Waals surface area contributed by atoms with Gasteiger partial charge in [0.15, 0.2) is 0 Å². The molecule has 0 radical (unpaired) electrons. The highest BCUT2D eigenvalue weighted by Gasteiger charge is 2.04. The molecule has 0 unspecified atom stereocenters. The van der Waals surface area contributed by atoms with Gasteiger partial charge in [0.25, 0.3) is 0 Å². The summed E-state index contributed by atoms with van der Waals surface area (Å²) in [5, 5.41) is 9.41. The lowest BCUT2D eigenvalue weighted by molar-refractivity contribution is 0.564. The molecular formula is C14H15N5. The minimum atomic E-state index is 0.664. The molecule has 0 atom stereocenters. The van der Waals surface area contributed by atoms with E-state index in [-0.39, 0.29) is 0 Å². The zero-order valence-electron chi connectivity index (χ0n) is 10.5. The largest absolute Gasteiger partial charge is 0.330 e. The summed E-state index contributed by atoms with van der Waals surface area (Å²) < 4.78 is 1.83. The zero-order chi connectivity index (χ0) is 13.1. The van der Waals surface area contributed by atoms with Crippen molar-refractivity contribution < 1.29 is 0 Å². The molecular weight excluding hydrogens is 238 g/mol. The van der Waals surface area contributed by atoms with E-state index in [9.17, 15) is 0 Å². The lowest BCUT2D eigenvalue weighted by Crippen LogP contribution is -2.06. The van der Waals surface area contributed by atoms with Crippen molar-refractivity contribution in [2.24, 2.45) is 5.73 Å². The van der Waals surface area contributed by atoms with Gasteiger partial charge in [-0.2, -0.15) is 0 Å². The van der Waals surface area contributed by atoms with Gasteiger partial charge in [0.2, 0.25) is 0 Å². The standard InChI is InChI=1S/C14H15N5/c15-6-2-8-19-10-14(17-18-19)12-4-5-13-11(9-12)3-1-7-16-13/h1,3-5,7,9-10H,2,6,8,15H2. The van der Waals surface area contributed by atoms with Gasteiger partial charge in [-0.05, 0) is 31.2 Å². The SMILES string of the molecule is NCCCn1cc(-c2ccc3ncccc3c2)nn1. The van der Waals surface area contributed by atoms with Gasteiger partial charge in [-0.1, -0.05) is 17.3 Å². The number of aryl methyl sites for hydroxylation is 1. The number of rotatable bonds is 4. The summed E-state index contributed by atoms with van der Waals surface area (Å²) >= 11 is 0. The first-order valence-corrected chi connectivity index (χ1v) is 6.32. The van der Waals surface area contributed by atoms with Gasteiger partial charge in [-0.15, -0.1) is 5.10 Å². The molecule has 3 aromatic rings. The van der Waals surface area contributed by atoms with E-state index >= 15 is 0 Å². The number of benzene rings is 1. The molecule has 0 aliphatic heterocycles. The maximum Gasteiger partial charge on any atom is 0.113 e. The minimum Gasteiger partial charge on any atom is -0.330 e. The molecule has 2 heterocycles. The third-order valence-corrected chi connectivity index (χ3v) is 3.03. The lowest BCUT2D eigenvalue weighted by atomic mass is 10.1. The van der Waals surface area contributed by atoms with Crippen LogP contribution >= 0.6 is 0 Å². The van der Waals surface area contributed by atoms with E-state index in [1.54, 1.807) is 6.20 Å². The molecule has 5 heteroatoms. The molecule has 1 aromatic carbocycles. The molecule has 0 aliphatic carbocycles. The molecule has 19 heavy (non-hydrogen) atoms. The first kappa shape index (κ1) is 11.8. The molecule has 2 N–H and O–H groups in total. The van der Waals surface area contributed by atoms with Gasteiger partial charge in [-0.25, -0.2) is 0 Å². The first-order chi connectivity index (χ1) is 9.36. The highest BCUT2D eigenvalue weighted by Crippen LogP contribution is 2.21. The predicted octanol–water partition coefficient (Wildman–Crippen LogP) is 1.84. The third kappa shape index (κ3) is 2.46. The molecule has 2 aromatic heterocycles. The van der Waals surface area contributed by atoms with Gasteiger partial charge in [-0.3, -0.25) is 9.67 Å². The smallest absolute Gasteiger partial charge is 0.113 e. The van der Waals surface area contributed by atoms with Crippen molar-refractivity contribution in [3.05, 3.63) is 42.7 Å². The van der Waals surface area contributed by atoms with Crippen LogP contribution in [0.25, 0.3) is 22.2 Å². The summed E-state index contributed by atoms with van der Waals surface area (Å²) in [6, 6.07) is 10.1. The Morgan fingerprint density at radius 3 is 3.05 bits per heavy atom. The van der Waals surface area contributed by atoms with E-state index in [4.69, 9.17) is 5.73 Å². The van der Waals surface area contributed by atoms with E-state index in [1.165, 1.54) is 0 Å². The van der Waals surface area contributed by atoms with E-state index in [1.807, 2.05) is 35.1 Å². The number of nitrogens with zero attached hydrogens (tertiary/aromatic N) is 4. The number of hydrogen-bond donors (Lipinski definition) is 1. The molecule has 5 nitrogen and oxygen atoms in total. The second kappa shape index (κ2) is 5.16. The average Bonchev–Trinajstić information content (AvgIpc) is 2.93.